The third-order valence-electron chi connectivity index (χ3n) is 16.4. The van der Waals surface area contributed by atoms with Crippen molar-refractivity contribution in [1.29, 1.82) is 0 Å². The van der Waals surface area contributed by atoms with Gasteiger partial charge in [-0.05, 0) is 111 Å². The van der Waals surface area contributed by atoms with Gasteiger partial charge in [0.1, 0.15) is 11.2 Å². The van der Waals surface area contributed by atoms with Crippen LogP contribution < -0.4 is 0 Å². The van der Waals surface area contributed by atoms with E-state index in [1.807, 2.05) is 54.6 Å². The summed E-state index contributed by atoms with van der Waals surface area (Å²) in [6.07, 6.45) is 0. The summed E-state index contributed by atoms with van der Waals surface area (Å²) in [6.45, 7) is 9.53. The van der Waals surface area contributed by atoms with Gasteiger partial charge in [-0.3, -0.25) is 0 Å². The molecule has 0 bridgehead atoms. The predicted octanol–water partition coefficient (Wildman–Crippen LogP) is 20.8. The molecule has 0 radical (unpaired) electrons. The Morgan fingerprint density at radius 2 is 0.699 bits per heavy atom. The van der Waals surface area contributed by atoms with E-state index >= 15 is 0 Å². The van der Waals surface area contributed by atoms with Crippen LogP contribution in [0.5, 0.6) is 0 Å². The van der Waals surface area contributed by atoms with E-state index in [9.17, 15) is 6.57 Å². The second-order valence-electron chi connectivity index (χ2n) is 21.1. The van der Waals surface area contributed by atoms with Gasteiger partial charge in [0.05, 0.1) is 51.4 Å². The Balaban J connectivity index is 1.04. The van der Waals surface area contributed by atoms with Crippen molar-refractivity contribution in [3.8, 4) is 89.8 Å². The molecule has 16 rings (SSSR count). The van der Waals surface area contributed by atoms with Crippen molar-refractivity contribution in [2.75, 3.05) is 0 Å². The molecule has 0 aliphatic heterocycles. The zero-order chi connectivity index (χ0) is 55.0. The monoisotopic (exact) mass is 1060 g/mol. The van der Waals surface area contributed by atoms with Gasteiger partial charge in [-0.25, -0.2) is 14.8 Å². The van der Waals surface area contributed by atoms with E-state index in [1.54, 1.807) is 0 Å². The molecule has 4 aromatic heterocycles. The lowest BCUT2D eigenvalue weighted by atomic mass is 10.0. The molecular weight excluding hydrogens is 1010 g/mol. The molecule has 6 heteroatoms. The van der Waals surface area contributed by atoms with Gasteiger partial charge in [0.25, 0.3) is 5.69 Å². The van der Waals surface area contributed by atoms with Crippen LogP contribution >= 0.6 is 0 Å². The lowest BCUT2D eigenvalue weighted by molar-refractivity contribution is 0.671. The van der Waals surface area contributed by atoms with Crippen LogP contribution in [0, 0.1) is 6.57 Å². The number of benzene rings is 12. The topological polar surface area (TPSA) is 53.1 Å². The zero-order valence-electron chi connectivity index (χ0n) is 44.8. The van der Waals surface area contributed by atoms with Gasteiger partial charge < -0.3 is 13.6 Å². The van der Waals surface area contributed by atoms with E-state index in [0.717, 1.165) is 127 Å². The molecular formula is C77H47N5O. The molecule has 0 aliphatic carbocycles. The van der Waals surface area contributed by atoms with Crippen LogP contribution in [-0.2, 0) is 0 Å². The number of hydrogen-bond donors (Lipinski definition) is 0. The fourth-order valence-corrected chi connectivity index (χ4v) is 12.4. The van der Waals surface area contributed by atoms with E-state index in [4.69, 9.17) is 14.4 Å². The van der Waals surface area contributed by atoms with Gasteiger partial charge in [-0.1, -0.05) is 218 Å². The Morgan fingerprint density at radius 3 is 1.13 bits per heavy atom. The standard InChI is InChI=1S/C77H47N5O/c1-78-73-74(82-70-41-37-57(51-25-12-4-13-26-51)45-63(70)64-46-58(38-42-71(64)82)52-27-14-5-15-28-52)72(81-68-39-35-55(49-21-8-2-9-22-49)43-61(68)62-44-56(36-40-69(62)81)50-23-10-3-11-24-50)47-65-59-33-20-34-60(75(59)83-76(65)73)67-48-66(53-29-16-6-17-30-53)79-77(80-67)54-31-18-7-19-32-54/h2-48H. The molecule has 83 heavy (non-hydrogen) atoms. The third kappa shape index (κ3) is 7.94. The minimum atomic E-state index is 0.396. The van der Waals surface area contributed by atoms with E-state index in [0.29, 0.717) is 34.1 Å². The first-order valence-electron chi connectivity index (χ1n) is 27.9. The van der Waals surface area contributed by atoms with E-state index in [2.05, 4.69) is 245 Å². The maximum absolute atomic E-state index is 9.53. The molecule has 12 aromatic carbocycles. The average Bonchev–Trinajstić information content (AvgIpc) is 2.12. The smallest absolute Gasteiger partial charge is 0.254 e. The van der Waals surface area contributed by atoms with Crippen LogP contribution in [0.25, 0.3) is 160 Å². The van der Waals surface area contributed by atoms with E-state index in [-0.39, 0.29) is 0 Å². The largest absolute Gasteiger partial charge is 0.466 e. The Morgan fingerprint density at radius 1 is 0.301 bits per heavy atom. The SMILES string of the molecule is [C-]#[N+]c1c(-n2c3ccc(-c4ccccc4)cc3c3cc(-c4ccccc4)ccc32)c(-n2c3ccc(-c4ccccc4)cc3c3cc(-c4ccccc4)ccc32)cc2c1oc1c(-c3cc(-c4ccccc4)nc(-c4ccccc4)n3)cccc12. The number of furan rings is 1. The summed E-state index contributed by atoms with van der Waals surface area (Å²) in [7, 11) is 0. The third-order valence-corrected chi connectivity index (χ3v) is 16.4. The van der Waals surface area contributed by atoms with Crippen molar-refractivity contribution >= 4 is 71.2 Å². The molecule has 0 N–H and O–H groups in total. The second-order valence-corrected chi connectivity index (χ2v) is 21.1. The molecule has 0 saturated carbocycles. The van der Waals surface area contributed by atoms with Gasteiger partial charge in [-0.15, -0.1) is 0 Å². The molecule has 0 unspecified atom stereocenters. The van der Waals surface area contributed by atoms with Crippen LogP contribution in [0.2, 0.25) is 0 Å². The number of rotatable bonds is 9. The van der Waals surface area contributed by atoms with Gasteiger partial charge in [0.2, 0.25) is 0 Å². The first-order chi connectivity index (χ1) is 41.1. The van der Waals surface area contributed by atoms with Crippen LogP contribution in [-0.4, -0.2) is 19.1 Å². The highest BCUT2D eigenvalue weighted by Gasteiger charge is 2.29. The van der Waals surface area contributed by atoms with E-state index < -0.39 is 0 Å². The molecule has 0 amide bonds. The van der Waals surface area contributed by atoms with Crippen molar-refractivity contribution in [1.82, 2.24) is 19.1 Å². The Labute approximate surface area is 478 Å². The van der Waals surface area contributed by atoms with Crippen LogP contribution in [0.4, 0.5) is 5.69 Å². The van der Waals surface area contributed by atoms with Crippen molar-refractivity contribution in [2.45, 2.75) is 0 Å². The first kappa shape index (κ1) is 47.6. The summed E-state index contributed by atoms with van der Waals surface area (Å²) in [5, 5.41) is 6.04. The number of aromatic nitrogens is 4. The minimum absolute atomic E-state index is 0.396. The molecule has 0 spiro atoms. The number of nitrogens with zero attached hydrogens (tertiary/aromatic N) is 5. The maximum atomic E-state index is 9.53. The lowest BCUT2D eigenvalue weighted by Gasteiger charge is -2.19. The Bertz CT molecular complexity index is 4980. The number of fused-ring (bicyclic) bond motifs is 9. The van der Waals surface area contributed by atoms with Gasteiger partial charge >= 0.3 is 0 Å². The van der Waals surface area contributed by atoms with Crippen LogP contribution in [0.3, 0.4) is 0 Å². The summed E-state index contributed by atoms with van der Waals surface area (Å²) in [5.41, 5.74) is 20.2. The van der Waals surface area contributed by atoms with Crippen molar-refractivity contribution in [3.63, 3.8) is 0 Å². The summed E-state index contributed by atoms with van der Waals surface area (Å²) in [6, 6.07) is 100. The highest BCUT2D eigenvalue weighted by molar-refractivity contribution is 6.19. The fourth-order valence-electron chi connectivity index (χ4n) is 12.4. The molecule has 386 valence electrons. The molecule has 0 fully saturated rings. The molecule has 4 heterocycles. The Kier molecular flexibility index (Phi) is 11.2. The zero-order valence-corrected chi connectivity index (χ0v) is 44.8. The first-order valence-corrected chi connectivity index (χ1v) is 27.9. The quantitative estimate of drug-likeness (QED) is 0.135. The van der Waals surface area contributed by atoms with Gasteiger partial charge in [0, 0.05) is 49.0 Å². The van der Waals surface area contributed by atoms with Crippen molar-refractivity contribution in [2.24, 2.45) is 0 Å². The summed E-state index contributed by atoms with van der Waals surface area (Å²) >= 11 is 0. The maximum Gasteiger partial charge on any atom is 0.254 e. The number of hydrogen-bond acceptors (Lipinski definition) is 3. The van der Waals surface area contributed by atoms with Gasteiger partial charge in [-0.2, -0.15) is 0 Å². The van der Waals surface area contributed by atoms with Crippen molar-refractivity contribution < 1.29 is 4.42 Å². The molecule has 0 saturated heterocycles. The highest BCUT2D eigenvalue weighted by atomic mass is 16.3. The van der Waals surface area contributed by atoms with Crippen molar-refractivity contribution in [3.05, 3.63) is 297 Å². The summed E-state index contributed by atoms with van der Waals surface area (Å²) in [5.74, 6) is 0.607. The summed E-state index contributed by atoms with van der Waals surface area (Å²) < 4.78 is 12.1. The number of para-hydroxylation sites is 1. The van der Waals surface area contributed by atoms with E-state index in [1.165, 1.54) is 0 Å². The molecule has 0 aliphatic rings. The second kappa shape index (κ2) is 19.5. The minimum Gasteiger partial charge on any atom is -0.466 e. The molecule has 16 aromatic rings. The fraction of sp³-hybridized carbons (Fsp3) is 0. The molecule has 0 atom stereocenters. The normalized spacial score (nSPS) is 11.6. The Hall–Kier alpha value is -11.4. The summed E-state index contributed by atoms with van der Waals surface area (Å²) in [4.78, 5) is 15.1. The molecule has 6 nitrogen and oxygen atoms in total. The van der Waals surface area contributed by atoms with Crippen LogP contribution in [0.15, 0.2) is 290 Å². The van der Waals surface area contributed by atoms with Gasteiger partial charge in [0.15, 0.2) is 5.82 Å². The predicted molar refractivity (Wildman–Crippen MR) is 342 cm³/mol. The van der Waals surface area contributed by atoms with Crippen LogP contribution in [0.1, 0.15) is 0 Å². The lowest BCUT2D eigenvalue weighted by Crippen LogP contribution is -2.04. The average molecular weight is 1060 g/mol. The highest BCUT2D eigenvalue weighted by Crippen LogP contribution is 2.50.